The van der Waals surface area contributed by atoms with Crippen molar-refractivity contribution in [3.05, 3.63) is 51.7 Å². The number of nitrogens with zero attached hydrogens (tertiary/aromatic N) is 1. The van der Waals surface area contributed by atoms with Crippen molar-refractivity contribution in [2.75, 3.05) is 6.54 Å². The van der Waals surface area contributed by atoms with Gasteiger partial charge < -0.3 is 10.1 Å². The minimum Gasteiger partial charge on any atom is -0.370 e. The first-order valence-electron chi connectivity index (χ1n) is 6.74. The van der Waals surface area contributed by atoms with E-state index in [2.05, 4.69) is 17.2 Å². The van der Waals surface area contributed by atoms with E-state index in [0.717, 1.165) is 30.2 Å². The van der Waals surface area contributed by atoms with Crippen LogP contribution >= 0.6 is 11.3 Å². The lowest BCUT2D eigenvalue weighted by Crippen LogP contribution is -2.13. The summed E-state index contributed by atoms with van der Waals surface area (Å²) in [5.41, 5.74) is 1.48. The molecule has 0 aliphatic carbocycles. The molecule has 0 fully saturated rings. The van der Waals surface area contributed by atoms with Gasteiger partial charge in [0.15, 0.2) is 0 Å². The van der Waals surface area contributed by atoms with Gasteiger partial charge in [0.2, 0.25) is 0 Å². The third-order valence-electron chi connectivity index (χ3n) is 2.77. The zero-order chi connectivity index (χ0) is 14.2. The molecule has 2 aromatic rings. The van der Waals surface area contributed by atoms with Crippen molar-refractivity contribution >= 4 is 11.3 Å². The van der Waals surface area contributed by atoms with Gasteiger partial charge in [-0.2, -0.15) is 0 Å². The Kier molecular flexibility index (Phi) is 6.11. The first kappa shape index (κ1) is 15.1. The van der Waals surface area contributed by atoms with Crippen LogP contribution in [-0.2, 0) is 24.5 Å². The van der Waals surface area contributed by atoms with Crippen LogP contribution in [0.25, 0.3) is 0 Å². The molecule has 1 aromatic carbocycles. The molecule has 0 radical (unpaired) electrons. The van der Waals surface area contributed by atoms with Crippen LogP contribution in [0.5, 0.6) is 0 Å². The fourth-order valence-electron chi connectivity index (χ4n) is 1.75. The van der Waals surface area contributed by atoms with Gasteiger partial charge in [0, 0.05) is 17.5 Å². The van der Waals surface area contributed by atoms with Gasteiger partial charge in [0.05, 0.1) is 18.9 Å². The van der Waals surface area contributed by atoms with E-state index >= 15 is 0 Å². The maximum absolute atomic E-state index is 13.4. The zero-order valence-electron chi connectivity index (χ0n) is 11.6. The third-order valence-corrected chi connectivity index (χ3v) is 3.67. The topological polar surface area (TPSA) is 34.2 Å². The molecule has 0 unspecified atom stereocenters. The second-order valence-electron chi connectivity index (χ2n) is 4.49. The predicted molar refractivity (Wildman–Crippen MR) is 79.0 cm³/mol. The monoisotopic (exact) mass is 294 g/mol. The quantitative estimate of drug-likeness (QED) is 0.757. The van der Waals surface area contributed by atoms with Crippen LogP contribution in [0.4, 0.5) is 4.39 Å². The Bertz CT molecular complexity index is 530. The highest BCUT2D eigenvalue weighted by molar-refractivity contribution is 7.09. The minimum atomic E-state index is -0.227. The van der Waals surface area contributed by atoms with E-state index in [4.69, 9.17) is 4.74 Å². The fourth-order valence-corrected chi connectivity index (χ4v) is 2.50. The van der Waals surface area contributed by atoms with Crippen molar-refractivity contribution in [1.29, 1.82) is 0 Å². The average molecular weight is 294 g/mol. The molecule has 0 aliphatic heterocycles. The standard InChI is InChI=1S/C15H19FN2OS/c1-2-7-17-8-15-18-13(11-20-15)10-19-9-12-5-3-4-6-14(12)16/h3-6,11,17H,2,7-10H2,1H3. The Labute approximate surface area is 122 Å². The van der Waals surface area contributed by atoms with E-state index in [1.54, 1.807) is 23.5 Å². The third kappa shape index (κ3) is 4.67. The number of halogens is 1. The predicted octanol–water partition coefficient (Wildman–Crippen LogP) is 3.50. The van der Waals surface area contributed by atoms with E-state index in [-0.39, 0.29) is 12.4 Å². The second kappa shape index (κ2) is 8.09. The molecule has 108 valence electrons. The van der Waals surface area contributed by atoms with Crippen LogP contribution in [0.1, 0.15) is 29.6 Å². The lowest BCUT2D eigenvalue weighted by Gasteiger charge is -2.03. The van der Waals surface area contributed by atoms with Crippen molar-refractivity contribution < 1.29 is 9.13 Å². The Morgan fingerprint density at radius 2 is 2.15 bits per heavy atom. The SMILES string of the molecule is CCCNCc1nc(COCc2ccccc2F)cs1. The highest BCUT2D eigenvalue weighted by Crippen LogP contribution is 2.13. The van der Waals surface area contributed by atoms with Crippen LogP contribution < -0.4 is 5.32 Å². The van der Waals surface area contributed by atoms with Gasteiger partial charge in [-0.05, 0) is 19.0 Å². The van der Waals surface area contributed by atoms with E-state index in [9.17, 15) is 4.39 Å². The van der Waals surface area contributed by atoms with Gasteiger partial charge in [-0.15, -0.1) is 11.3 Å². The maximum atomic E-state index is 13.4. The summed E-state index contributed by atoms with van der Waals surface area (Å²) >= 11 is 1.62. The van der Waals surface area contributed by atoms with Gasteiger partial charge in [-0.1, -0.05) is 25.1 Å². The van der Waals surface area contributed by atoms with E-state index < -0.39 is 0 Å². The van der Waals surface area contributed by atoms with Gasteiger partial charge >= 0.3 is 0 Å². The molecular weight excluding hydrogens is 275 g/mol. The van der Waals surface area contributed by atoms with Gasteiger partial charge in [-0.25, -0.2) is 9.37 Å². The van der Waals surface area contributed by atoms with Crippen molar-refractivity contribution in [3.63, 3.8) is 0 Å². The fraction of sp³-hybridized carbons (Fsp3) is 0.400. The summed E-state index contributed by atoms with van der Waals surface area (Å²) in [5.74, 6) is -0.227. The summed E-state index contributed by atoms with van der Waals surface area (Å²) < 4.78 is 18.9. The molecule has 2 rings (SSSR count). The van der Waals surface area contributed by atoms with Crippen molar-refractivity contribution in [2.45, 2.75) is 33.1 Å². The second-order valence-corrected chi connectivity index (χ2v) is 5.44. The molecule has 0 amide bonds. The van der Waals surface area contributed by atoms with Crippen LogP contribution in [0.15, 0.2) is 29.6 Å². The number of thiazole rings is 1. The summed E-state index contributed by atoms with van der Waals surface area (Å²) in [4.78, 5) is 4.47. The largest absolute Gasteiger partial charge is 0.370 e. The smallest absolute Gasteiger partial charge is 0.128 e. The van der Waals surface area contributed by atoms with E-state index in [0.29, 0.717) is 12.2 Å². The molecule has 0 spiro atoms. The summed E-state index contributed by atoms with van der Waals surface area (Å²) in [6.45, 7) is 4.62. The molecule has 0 saturated carbocycles. The van der Waals surface area contributed by atoms with E-state index in [1.165, 1.54) is 6.07 Å². The van der Waals surface area contributed by atoms with Crippen molar-refractivity contribution in [1.82, 2.24) is 10.3 Å². The molecule has 5 heteroatoms. The molecule has 0 saturated heterocycles. The molecule has 0 bridgehead atoms. The summed E-state index contributed by atoms with van der Waals surface area (Å²) in [7, 11) is 0. The van der Waals surface area contributed by atoms with Crippen LogP contribution in [0.3, 0.4) is 0 Å². The average Bonchev–Trinajstić information content (AvgIpc) is 2.89. The Balaban J connectivity index is 1.75. The lowest BCUT2D eigenvalue weighted by atomic mass is 10.2. The van der Waals surface area contributed by atoms with Crippen molar-refractivity contribution in [3.8, 4) is 0 Å². The Morgan fingerprint density at radius 3 is 2.95 bits per heavy atom. The van der Waals surface area contributed by atoms with Gasteiger partial charge in [0.25, 0.3) is 0 Å². The highest BCUT2D eigenvalue weighted by atomic mass is 32.1. The minimum absolute atomic E-state index is 0.227. The number of hydrogen-bond acceptors (Lipinski definition) is 4. The number of benzene rings is 1. The molecule has 1 N–H and O–H groups in total. The molecule has 3 nitrogen and oxygen atoms in total. The molecule has 1 aromatic heterocycles. The molecule has 1 heterocycles. The summed E-state index contributed by atoms with van der Waals surface area (Å²) in [6.07, 6.45) is 1.12. The molecule has 20 heavy (non-hydrogen) atoms. The van der Waals surface area contributed by atoms with Crippen LogP contribution in [0, 0.1) is 5.82 Å². The lowest BCUT2D eigenvalue weighted by molar-refractivity contribution is 0.102. The summed E-state index contributed by atoms with van der Waals surface area (Å²) in [5, 5.41) is 6.36. The van der Waals surface area contributed by atoms with Gasteiger partial charge in [0.1, 0.15) is 10.8 Å². The normalized spacial score (nSPS) is 10.9. The van der Waals surface area contributed by atoms with E-state index in [1.807, 2.05) is 11.4 Å². The number of aromatic nitrogens is 1. The number of ether oxygens (including phenoxy) is 1. The van der Waals surface area contributed by atoms with Gasteiger partial charge in [-0.3, -0.25) is 0 Å². The molecular formula is C15H19FN2OS. The number of hydrogen-bond donors (Lipinski definition) is 1. The summed E-state index contributed by atoms with van der Waals surface area (Å²) in [6, 6.07) is 6.66. The van der Waals surface area contributed by atoms with Crippen LogP contribution in [0.2, 0.25) is 0 Å². The first-order valence-corrected chi connectivity index (χ1v) is 7.62. The molecule has 0 atom stereocenters. The Morgan fingerprint density at radius 1 is 1.30 bits per heavy atom. The first-order chi connectivity index (χ1) is 9.79. The number of rotatable bonds is 8. The van der Waals surface area contributed by atoms with Crippen molar-refractivity contribution in [2.24, 2.45) is 0 Å². The zero-order valence-corrected chi connectivity index (χ0v) is 12.4. The maximum Gasteiger partial charge on any atom is 0.128 e. The molecule has 0 aliphatic rings. The number of nitrogens with one attached hydrogen (secondary N) is 1. The Hall–Kier alpha value is -1.30. The van der Waals surface area contributed by atoms with Crippen LogP contribution in [-0.4, -0.2) is 11.5 Å². The highest BCUT2D eigenvalue weighted by Gasteiger charge is 2.04.